The minimum atomic E-state index is -1.15. The number of nitriles is 2. The lowest BCUT2D eigenvalue weighted by molar-refractivity contribution is -0.125. The Morgan fingerprint density at radius 3 is 2.67 bits per heavy atom. The normalized spacial score (nSPS) is 11.4. The summed E-state index contributed by atoms with van der Waals surface area (Å²) in [5.74, 6) is -0.244. The summed E-state index contributed by atoms with van der Waals surface area (Å²) in [7, 11) is 0. The Morgan fingerprint density at radius 1 is 1.14 bits per heavy atom. The van der Waals surface area contributed by atoms with Crippen molar-refractivity contribution >= 4 is 22.8 Å². The van der Waals surface area contributed by atoms with Crippen molar-refractivity contribution in [2.24, 2.45) is 0 Å². The van der Waals surface area contributed by atoms with Gasteiger partial charge in [-0.15, -0.1) is 0 Å². The molecule has 12 nitrogen and oxygen atoms in total. The molecule has 0 spiro atoms. The van der Waals surface area contributed by atoms with Gasteiger partial charge in [-0.1, -0.05) is 6.07 Å². The van der Waals surface area contributed by atoms with E-state index in [0.717, 1.165) is 5.56 Å². The van der Waals surface area contributed by atoms with Crippen molar-refractivity contribution in [2.75, 3.05) is 25.1 Å². The summed E-state index contributed by atoms with van der Waals surface area (Å²) < 4.78 is 12.8. The van der Waals surface area contributed by atoms with Crippen LogP contribution in [-0.4, -0.2) is 61.7 Å². The van der Waals surface area contributed by atoms with Crippen molar-refractivity contribution in [2.45, 2.75) is 13.0 Å². The summed E-state index contributed by atoms with van der Waals surface area (Å²) in [4.78, 5) is 25.5. The van der Waals surface area contributed by atoms with Gasteiger partial charge in [-0.05, 0) is 36.8 Å². The molecule has 4 aromatic rings. The number of hydrogen-bond donors (Lipinski definition) is 2. The zero-order valence-corrected chi connectivity index (χ0v) is 19.1. The highest BCUT2D eigenvalue weighted by molar-refractivity contribution is 5.94. The van der Waals surface area contributed by atoms with Gasteiger partial charge in [-0.3, -0.25) is 4.79 Å². The van der Waals surface area contributed by atoms with Crippen molar-refractivity contribution in [3.8, 4) is 23.7 Å². The summed E-state index contributed by atoms with van der Waals surface area (Å²) in [6.07, 6.45) is 2.97. The van der Waals surface area contributed by atoms with Crippen LogP contribution in [0, 0.1) is 29.6 Å². The molecule has 0 saturated carbocycles. The third-order valence-electron chi connectivity index (χ3n) is 5.09. The molecule has 1 aromatic carbocycles. The van der Waals surface area contributed by atoms with E-state index < -0.39 is 12.0 Å². The lowest BCUT2D eigenvalue weighted by atomic mass is 10.1. The van der Waals surface area contributed by atoms with Crippen LogP contribution in [0.1, 0.15) is 16.7 Å². The maximum Gasteiger partial charge on any atom is 0.269 e. The van der Waals surface area contributed by atoms with E-state index in [2.05, 4.69) is 31.4 Å². The first-order valence-corrected chi connectivity index (χ1v) is 10.8. The molecule has 36 heavy (non-hydrogen) atoms. The van der Waals surface area contributed by atoms with E-state index in [4.69, 9.17) is 19.8 Å². The van der Waals surface area contributed by atoms with Crippen molar-refractivity contribution in [3.63, 3.8) is 0 Å². The number of hydrogen-bond acceptors (Lipinski definition) is 10. The average molecular weight is 484 g/mol. The molecule has 3 aromatic heterocycles. The van der Waals surface area contributed by atoms with E-state index in [9.17, 15) is 10.1 Å². The lowest BCUT2D eigenvalue weighted by Gasteiger charge is -2.18. The molecule has 1 atom stereocenters. The maximum absolute atomic E-state index is 13.0. The number of amides is 1. The standard InChI is InChI=1S/C24H20N8O4/c1-15-2-3-16(9-25)8-19(15)32-22-18(12-30-32)24(29-14-28-22)36-20(13-35-7-6-33)23(34)31-21-5-4-17(10-26)11-27-21/h2-5,8,11-12,14,20,33H,6-7,13H2,1H3,(H,27,31,34). The zero-order valence-electron chi connectivity index (χ0n) is 19.1. The van der Waals surface area contributed by atoms with E-state index in [0.29, 0.717) is 27.8 Å². The fraction of sp³-hybridized carbons (Fsp3) is 0.208. The minimum absolute atomic E-state index is 0.00782. The number of fused-ring (bicyclic) bond motifs is 1. The number of nitrogens with zero attached hydrogens (tertiary/aromatic N) is 7. The molecule has 0 aliphatic heterocycles. The zero-order chi connectivity index (χ0) is 25.5. The van der Waals surface area contributed by atoms with E-state index in [-0.39, 0.29) is 31.5 Å². The second-order valence-electron chi connectivity index (χ2n) is 7.52. The number of nitrogens with one attached hydrogen (secondary N) is 1. The molecule has 0 bridgehead atoms. The van der Waals surface area contributed by atoms with Gasteiger partial charge in [-0.2, -0.15) is 15.6 Å². The predicted octanol–water partition coefficient (Wildman–Crippen LogP) is 1.66. The van der Waals surface area contributed by atoms with Gasteiger partial charge in [0.15, 0.2) is 5.65 Å². The second kappa shape index (κ2) is 11.0. The average Bonchev–Trinajstić information content (AvgIpc) is 3.34. The van der Waals surface area contributed by atoms with E-state index in [1.807, 2.05) is 19.1 Å². The molecule has 1 amide bonds. The molecule has 0 fully saturated rings. The largest absolute Gasteiger partial charge is 0.461 e. The van der Waals surface area contributed by atoms with Gasteiger partial charge in [0.2, 0.25) is 12.0 Å². The van der Waals surface area contributed by atoms with Crippen LogP contribution < -0.4 is 10.1 Å². The number of carbonyl (C=O) groups is 1. The molecule has 180 valence electrons. The molecule has 0 aliphatic rings. The third-order valence-corrected chi connectivity index (χ3v) is 5.09. The van der Waals surface area contributed by atoms with Crippen LogP contribution in [0.25, 0.3) is 16.7 Å². The van der Waals surface area contributed by atoms with E-state index >= 15 is 0 Å². The summed E-state index contributed by atoms with van der Waals surface area (Å²) in [6, 6.07) is 12.3. The molecule has 12 heteroatoms. The number of aryl methyl sites for hydroxylation is 1. The highest BCUT2D eigenvalue weighted by Crippen LogP contribution is 2.26. The van der Waals surface area contributed by atoms with Gasteiger partial charge in [0.05, 0.1) is 48.9 Å². The van der Waals surface area contributed by atoms with Crippen LogP contribution in [-0.2, 0) is 9.53 Å². The summed E-state index contributed by atoms with van der Waals surface area (Å²) in [5, 5.41) is 34.7. The van der Waals surface area contributed by atoms with Gasteiger partial charge in [0.1, 0.15) is 23.6 Å². The molecule has 0 saturated heterocycles. The Labute approximate surface area is 205 Å². The number of benzene rings is 1. The Bertz CT molecular complexity index is 1470. The number of anilines is 1. The van der Waals surface area contributed by atoms with Gasteiger partial charge >= 0.3 is 0 Å². The van der Waals surface area contributed by atoms with Crippen LogP contribution in [0.3, 0.4) is 0 Å². The molecular formula is C24H20N8O4. The molecule has 0 aliphatic carbocycles. The summed E-state index contributed by atoms with van der Waals surface area (Å²) in [6.45, 7) is 1.50. The van der Waals surface area contributed by atoms with Crippen LogP contribution in [0.5, 0.6) is 5.88 Å². The SMILES string of the molecule is Cc1ccc(C#N)cc1-n1ncc2c(OC(COCCO)C(=O)Nc3ccc(C#N)cn3)ncnc21. The molecule has 0 radical (unpaired) electrons. The number of ether oxygens (including phenoxy) is 2. The first-order valence-electron chi connectivity index (χ1n) is 10.8. The monoisotopic (exact) mass is 484 g/mol. The fourth-order valence-electron chi connectivity index (χ4n) is 3.29. The Morgan fingerprint density at radius 2 is 1.94 bits per heavy atom. The van der Waals surface area contributed by atoms with Gasteiger partial charge in [-0.25, -0.2) is 19.6 Å². The number of aliphatic hydroxyl groups excluding tert-OH is 1. The summed E-state index contributed by atoms with van der Waals surface area (Å²) in [5.41, 5.74) is 2.79. The van der Waals surface area contributed by atoms with Crippen LogP contribution in [0.4, 0.5) is 5.82 Å². The van der Waals surface area contributed by atoms with E-state index in [1.165, 1.54) is 30.9 Å². The van der Waals surface area contributed by atoms with Crippen molar-refractivity contribution < 1.29 is 19.4 Å². The highest BCUT2D eigenvalue weighted by Gasteiger charge is 2.24. The number of aromatic nitrogens is 5. The number of pyridine rings is 1. The molecular weight excluding hydrogens is 464 g/mol. The van der Waals surface area contributed by atoms with Crippen molar-refractivity contribution in [1.29, 1.82) is 10.5 Å². The molecule has 3 heterocycles. The van der Waals surface area contributed by atoms with Gasteiger partial charge in [0.25, 0.3) is 5.91 Å². The van der Waals surface area contributed by atoms with Crippen LogP contribution in [0.2, 0.25) is 0 Å². The minimum Gasteiger partial charge on any atom is -0.461 e. The van der Waals surface area contributed by atoms with Crippen molar-refractivity contribution in [1.82, 2.24) is 24.7 Å². The highest BCUT2D eigenvalue weighted by atomic mass is 16.5. The Balaban J connectivity index is 1.63. The van der Waals surface area contributed by atoms with Gasteiger partial charge < -0.3 is 19.9 Å². The first kappa shape index (κ1) is 24.2. The maximum atomic E-state index is 13.0. The fourth-order valence-corrected chi connectivity index (χ4v) is 3.29. The number of rotatable bonds is 9. The first-order chi connectivity index (χ1) is 17.5. The van der Waals surface area contributed by atoms with Crippen molar-refractivity contribution in [3.05, 3.63) is 65.7 Å². The second-order valence-corrected chi connectivity index (χ2v) is 7.52. The smallest absolute Gasteiger partial charge is 0.269 e. The topological polar surface area (TPSA) is 172 Å². The third kappa shape index (κ3) is 5.26. The number of carbonyl (C=O) groups excluding carboxylic acids is 1. The van der Waals surface area contributed by atoms with E-state index in [1.54, 1.807) is 16.8 Å². The van der Waals surface area contributed by atoms with Crippen LogP contribution >= 0.6 is 0 Å². The van der Waals surface area contributed by atoms with Gasteiger partial charge in [0, 0.05) is 6.20 Å². The molecule has 1 unspecified atom stereocenters. The quantitative estimate of drug-likeness (QED) is 0.333. The number of aliphatic hydroxyl groups is 1. The van der Waals surface area contributed by atoms with Crippen LogP contribution in [0.15, 0.2) is 49.1 Å². The molecule has 2 N–H and O–H groups in total. The summed E-state index contributed by atoms with van der Waals surface area (Å²) >= 11 is 0. The molecule has 4 rings (SSSR count). The Hall–Kier alpha value is -4.91. The predicted molar refractivity (Wildman–Crippen MR) is 126 cm³/mol. The Kier molecular flexibility index (Phi) is 7.41. The lowest BCUT2D eigenvalue weighted by Crippen LogP contribution is -2.37.